The van der Waals surface area contributed by atoms with Gasteiger partial charge in [-0.25, -0.2) is 15.0 Å². The van der Waals surface area contributed by atoms with Crippen molar-refractivity contribution in [3.05, 3.63) is 51.8 Å². The monoisotopic (exact) mass is 597 g/mol. The van der Waals surface area contributed by atoms with Crippen LogP contribution in [0.1, 0.15) is 19.8 Å². The minimum absolute atomic E-state index is 0.0410. The van der Waals surface area contributed by atoms with Crippen LogP contribution in [0, 0.1) is 5.41 Å². The molecule has 1 saturated carbocycles. The fourth-order valence-electron chi connectivity index (χ4n) is 5.34. The second-order valence-electron chi connectivity index (χ2n) is 9.43. The zero-order valence-corrected chi connectivity index (χ0v) is 21.9. The van der Waals surface area contributed by atoms with Gasteiger partial charge < -0.3 is 20.5 Å². The molecule has 35 heavy (non-hydrogen) atoms. The van der Waals surface area contributed by atoms with Crippen LogP contribution in [0.3, 0.4) is 0 Å². The molecule has 1 saturated heterocycles. The van der Waals surface area contributed by atoms with E-state index in [0.717, 1.165) is 21.8 Å². The molecule has 9 nitrogen and oxygen atoms in total. The number of aromatic nitrogens is 4. The lowest BCUT2D eigenvalue weighted by Gasteiger charge is -2.27. The van der Waals surface area contributed by atoms with Crippen molar-refractivity contribution in [1.82, 2.24) is 24.4 Å². The molecule has 0 bridgehead atoms. The van der Waals surface area contributed by atoms with E-state index in [0.29, 0.717) is 33.7 Å². The average molecular weight is 599 g/mol. The minimum atomic E-state index is -0.561. The number of hydrogen-bond acceptors (Lipinski definition) is 6. The molecule has 0 spiro atoms. The second-order valence-corrected chi connectivity index (χ2v) is 11.2. The van der Waals surface area contributed by atoms with E-state index in [4.69, 9.17) is 5.73 Å². The first kappa shape index (κ1) is 22.4. The Morgan fingerprint density at radius 2 is 2.03 bits per heavy atom. The van der Waals surface area contributed by atoms with Crippen molar-refractivity contribution in [3.63, 3.8) is 0 Å². The highest BCUT2D eigenvalue weighted by atomic mass is 79.9. The number of rotatable bonds is 4. The quantitative estimate of drug-likeness (QED) is 0.341. The number of nitrogen functional groups attached to an aromatic ring is 1. The summed E-state index contributed by atoms with van der Waals surface area (Å²) in [5, 5.41) is 4.46. The Morgan fingerprint density at radius 3 is 2.83 bits per heavy atom. The van der Waals surface area contributed by atoms with Gasteiger partial charge in [0.25, 0.3) is 0 Å². The van der Waals surface area contributed by atoms with Crippen molar-refractivity contribution in [1.29, 1.82) is 0 Å². The predicted octanol–water partition coefficient (Wildman–Crippen LogP) is 4.10. The number of carbonyl (C=O) groups is 2. The van der Waals surface area contributed by atoms with Gasteiger partial charge in [-0.15, -0.1) is 0 Å². The van der Waals surface area contributed by atoms with Crippen LogP contribution in [0.5, 0.6) is 0 Å². The van der Waals surface area contributed by atoms with Gasteiger partial charge in [0, 0.05) is 15.9 Å². The summed E-state index contributed by atoms with van der Waals surface area (Å²) in [5.74, 6) is 0.453. The topological polar surface area (TPSA) is 119 Å². The van der Waals surface area contributed by atoms with Crippen LogP contribution in [0.15, 0.2) is 51.8 Å². The van der Waals surface area contributed by atoms with Crippen LogP contribution in [-0.2, 0) is 16.1 Å². The van der Waals surface area contributed by atoms with E-state index in [1.807, 2.05) is 22.8 Å². The van der Waals surface area contributed by atoms with Crippen molar-refractivity contribution in [2.75, 3.05) is 11.1 Å². The number of anilines is 2. The summed E-state index contributed by atoms with van der Waals surface area (Å²) in [6.45, 7) is 2.18. The molecule has 2 aliphatic rings. The molecule has 6 rings (SSSR count). The first-order valence-electron chi connectivity index (χ1n) is 11.2. The molecule has 3 aromatic heterocycles. The molecule has 1 aromatic carbocycles. The third-order valence-electron chi connectivity index (χ3n) is 7.12. The molecule has 3 N–H and O–H groups in total. The third-order valence-corrected chi connectivity index (χ3v) is 8.05. The maximum Gasteiger partial charge on any atom is 0.248 e. The predicted molar refractivity (Wildman–Crippen MR) is 139 cm³/mol. The van der Waals surface area contributed by atoms with Crippen LogP contribution in [0.4, 0.5) is 11.6 Å². The molecule has 2 amide bonds. The largest absolute Gasteiger partial charge is 0.383 e. The Balaban J connectivity index is 1.34. The Hall–Kier alpha value is -3.05. The molecule has 178 valence electrons. The third kappa shape index (κ3) is 3.68. The summed E-state index contributed by atoms with van der Waals surface area (Å²) in [6.07, 6.45) is 2.92. The van der Waals surface area contributed by atoms with Crippen LogP contribution < -0.4 is 11.1 Å². The highest BCUT2D eigenvalue weighted by molar-refractivity contribution is 9.10. The Labute approximate surface area is 217 Å². The number of carbonyl (C=O) groups excluding carboxylic acids is 2. The van der Waals surface area contributed by atoms with E-state index in [2.05, 4.69) is 59.1 Å². The maximum atomic E-state index is 13.8. The number of nitrogens with zero attached hydrogens (tertiary/aromatic N) is 5. The van der Waals surface area contributed by atoms with E-state index >= 15 is 0 Å². The molecule has 1 aliphatic carbocycles. The van der Waals surface area contributed by atoms with Crippen molar-refractivity contribution in [3.8, 4) is 0 Å². The SMILES string of the molecule is CC12CC(C(=O)Nc3cccc(Br)n3)N(C(=O)Cn3c4ccc(Br)cc4c4c(N)ncnc43)[C@@H]1C2. The standard InChI is InChI=1S/C24H21Br2N7O2/c1-24-8-15(23(35)31-18-4-2-3-17(26)30-18)33(16(24)9-24)19(34)10-32-14-6-5-12(25)7-13(14)20-21(27)28-11-29-22(20)32/h2-7,11,15-16H,8-10H2,1H3,(H2,27,28,29)(H,30,31,35)/t15?,16-,24?/m1/s1. The van der Waals surface area contributed by atoms with Crippen LogP contribution in [-0.4, -0.2) is 48.3 Å². The van der Waals surface area contributed by atoms with Crippen molar-refractivity contribution >= 4 is 77.2 Å². The van der Waals surface area contributed by atoms with Crippen molar-refractivity contribution in [2.45, 2.75) is 38.4 Å². The molecule has 4 heterocycles. The summed E-state index contributed by atoms with van der Waals surface area (Å²) in [7, 11) is 0. The molecular formula is C24H21Br2N7O2. The molecular weight excluding hydrogens is 578 g/mol. The van der Waals surface area contributed by atoms with Crippen molar-refractivity contribution in [2.24, 2.45) is 5.41 Å². The lowest BCUT2D eigenvalue weighted by atomic mass is 10.0. The first-order chi connectivity index (χ1) is 16.7. The number of benzene rings is 1. The van der Waals surface area contributed by atoms with Crippen LogP contribution in [0.2, 0.25) is 0 Å². The number of piperidine rings is 1. The Kier molecular flexibility index (Phi) is 5.12. The van der Waals surface area contributed by atoms with Crippen molar-refractivity contribution < 1.29 is 9.59 Å². The van der Waals surface area contributed by atoms with Crippen LogP contribution >= 0.6 is 31.9 Å². The smallest absolute Gasteiger partial charge is 0.248 e. The zero-order valence-electron chi connectivity index (χ0n) is 18.7. The highest BCUT2D eigenvalue weighted by Gasteiger charge is 2.64. The van der Waals surface area contributed by atoms with Gasteiger partial charge in [0.1, 0.15) is 40.8 Å². The number of nitrogens with one attached hydrogen (secondary N) is 1. The molecule has 1 aliphatic heterocycles. The number of nitrogens with two attached hydrogens (primary N) is 1. The average Bonchev–Trinajstić information content (AvgIpc) is 3.22. The number of halogens is 2. The normalized spacial score (nSPS) is 23.0. The zero-order chi connectivity index (χ0) is 24.5. The van der Waals surface area contributed by atoms with E-state index in [1.165, 1.54) is 6.33 Å². The summed E-state index contributed by atoms with van der Waals surface area (Å²) in [5.41, 5.74) is 7.58. The number of pyridine rings is 1. The van der Waals surface area contributed by atoms with Gasteiger partial charge in [-0.3, -0.25) is 9.59 Å². The number of amides is 2. The molecule has 2 fully saturated rings. The van der Waals surface area contributed by atoms with Gasteiger partial charge in [-0.05, 0) is 64.5 Å². The fraction of sp³-hybridized carbons (Fsp3) is 0.292. The molecule has 4 aromatic rings. The fourth-order valence-corrected chi connectivity index (χ4v) is 6.04. The lowest BCUT2D eigenvalue weighted by Crippen LogP contribution is -2.46. The number of likely N-dealkylation sites (tertiary alicyclic amines) is 1. The maximum absolute atomic E-state index is 13.8. The van der Waals surface area contributed by atoms with Gasteiger partial charge in [0.15, 0.2) is 0 Å². The highest BCUT2D eigenvalue weighted by Crippen LogP contribution is 2.59. The van der Waals surface area contributed by atoms with Gasteiger partial charge in [0.05, 0.1) is 10.9 Å². The second kappa shape index (κ2) is 7.99. The van der Waals surface area contributed by atoms with E-state index in [-0.39, 0.29) is 29.8 Å². The summed E-state index contributed by atoms with van der Waals surface area (Å²) in [6, 6.07) is 10.6. The minimum Gasteiger partial charge on any atom is -0.383 e. The Morgan fingerprint density at radius 1 is 1.20 bits per heavy atom. The molecule has 0 radical (unpaired) electrons. The van der Waals surface area contributed by atoms with E-state index < -0.39 is 6.04 Å². The molecule has 3 atom stereocenters. The molecule has 11 heteroatoms. The van der Waals surface area contributed by atoms with Gasteiger partial charge in [-0.2, -0.15) is 0 Å². The van der Waals surface area contributed by atoms with E-state index in [9.17, 15) is 9.59 Å². The van der Waals surface area contributed by atoms with Gasteiger partial charge >= 0.3 is 0 Å². The molecule has 2 unspecified atom stereocenters. The number of fused-ring (bicyclic) bond motifs is 4. The summed E-state index contributed by atoms with van der Waals surface area (Å²) < 4.78 is 3.38. The van der Waals surface area contributed by atoms with Gasteiger partial charge in [0.2, 0.25) is 11.8 Å². The van der Waals surface area contributed by atoms with Gasteiger partial charge in [-0.1, -0.05) is 28.9 Å². The first-order valence-corrected chi connectivity index (χ1v) is 12.8. The van der Waals surface area contributed by atoms with E-state index in [1.54, 1.807) is 23.1 Å². The lowest BCUT2D eigenvalue weighted by molar-refractivity contribution is -0.138. The Bertz CT molecular complexity index is 1540. The summed E-state index contributed by atoms with van der Waals surface area (Å²) in [4.78, 5) is 41.7. The number of hydrogen-bond donors (Lipinski definition) is 2. The van der Waals surface area contributed by atoms with Crippen LogP contribution in [0.25, 0.3) is 21.9 Å². The summed E-state index contributed by atoms with van der Waals surface area (Å²) >= 11 is 6.84.